The number of rotatable bonds is 10. The topological polar surface area (TPSA) is 54.2 Å². The molecule has 1 aromatic heterocycles. The first-order valence-corrected chi connectivity index (χ1v) is 9.59. The number of unbranched alkanes of at least 4 members (excludes halogenated alkanes) is 1. The van der Waals surface area contributed by atoms with Crippen molar-refractivity contribution in [3.63, 3.8) is 0 Å². The maximum Gasteiger partial charge on any atom is 0.191 e. The summed E-state index contributed by atoms with van der Waals surface area (Å²) in [4.78, 5) is 4.63. The molecule has 0 aliphatic heterocycles. The smallest absolute Gasteiger partial charge is 0.191 e. The lowest BCUT2D eigenvalue weighted by Gasteiger charge is -2.11. The van der Waals surface area contributed by atoms with Gasteiger partial charge in [0.25, 0.3) is 0 Å². The van der Waals surface area contributed by atoms with Crippen LogP contribution in [0.3, 0.4) is 0 Å². The van der Waals surface area contributed by atoms with Gasteiger partial charge in [-0.25, -0.2) is 0 Å². The highest BCUT2D eigenvalue weighted by molar-refractivity contribution is 14.0. The Balaban J connectivity index is 0.00000484. The third-order valence-corrected chi connectivity index (χ3v) is 4.01. The Hall–Kier alpha value is -0.440. The minimum Gasteiger partial charge on any atom is -0.357 e. The highest BCUT2D eigenvalue weighted by Gasteiger charge is 2.00. The van der Waals surface area contributed by atoms with Crippen LogP contribution < -0.4 is 10.6 Å². The van der Waals surface area contributed by atoms with Crippen LogP contribution in [0.4, 0.5) is 0 Å². The molecule has 5 nitrogen and oxygen atoms in total. The first-order chi connectivity index (χ1) is 10.7. The van der Waals surface area contributed by atoms with Gasteiger partial charge in [-0.3, -0.25) is 9.67 Å². The standard InChI is InChI=1S/C16H31N5S.HI/c1-5-17-16(18-9-6-7-12-22-4)19-10-8-11-21-15(3)13-14(2)20-21;/h13H,5-12H2,1-4H3,(H2,17,18,19);1H. The molecule has 1 rings (SSSR count). The Labute approximate surface area is 162 Å². The van der Waals surface area contributed by atoms with Crippen molar-refractivity contribution in [3.05, 3.63) is 17.5 Å². The second-order valence-electron chi connectivity index (χ2n) is 5.39. The van der Waals surface area contributed by atoms with E-state index in [1.807, 2.05) is 18.7 Å². The molecule has 0 amide bonds. The lowest BCUT2D eigenvalue weighted by Crippen LogP contribution is -2.38. The lowest BCUT2D eigenvalue weighted by atomic mass is 10.3. The summed E-state index contributed by atoms with van der Waals surface area (Å²) in [6.45, 7) is 9.86. The van der Waals surface area contributed by atoms with E-state index in [1.54, 1.807) is 0 Å². The third kappa shape index (κ3) is 10.1. The number of aryl methyl sites for hydroxylation is 3. The molecule has 0 aliphatic carbocycles. The first kappa shape index (κ1) is 22.6. The van der Waals surface area contributed by atoms with Crippen LogP contribution in [0.5, 0.6) is 0 Å². The number of halogens is 1. The van der Waals surface area contributed by atoms with Gasteiger partial charge in [-0.1, -0.05) is 0 Å². The van der Waals surface area contributed by atoms with Gasteiger partial charge in [0.2, 0.25) is 0 Å². The molecule has 7 heteroatoms. The Morgan fingerprint density at radius 1 is 1.26 bits per heavy atom. The van der Waals surface area contributed by atoms with Crippen molar-refractivity contribution < 1.29 is 0 Å². The molecule has 2 N–H and O–H groups in total. The Morgan fingerprint density at radius 3 is 2.65 bits per heavy atom. The van der Waals surface area contributed by atoms with Crippen molar-refractivity contribution in [2.45, 2.75) is 46.6 Å². The van der Waals surface area contributed by atoms with Crippen LogP contribution in [-0.4, -0.2) is 47.4 Å². The number of guanidine groups is 1. The Kier molecular flexibility index (Phi) is 13.7. The van der Waals surface area contributed by atoms with Crippen LogP contribution in [0.2, 0.25) is 0 Å². The van der Waals surface area contributed by atoms with Crippen molar-refractivity contribution in [3.8, 4) is 0 Å². The number of hydrogen-bond donors (Lipinski definition) is 2. The van der Waals surface area contributed by atoms with E-state index in [2.05, 4.69) is 51.6 Å². The zero-order valence-electron chi connectivity index (χ0n) is 14.9. The van der Waals surface area contributed by atoms with Crippen molar-refractivity contribution in [2.75, 3.05) is 31.6 Å². The maximum absolute atomic E-state index is 4.63. The molecule has 0 fully saturated rings. The average Bonchev–Trinajstić information content (AvgIpc) is 2.81. The second kappa shape index (κ2) is 13.9. The average molecular weight is 453 g/mol. The molecule has 0 aliphatic rings. The molecule has 134 valence electrons. The molecule has 0 saturated heterocycles. The SMILES string of the molecule is CCNC(=NCCCn1nc(C)cc1C)NCCCCSC.I. The molecule has 0 aromatic carbocycles. The van der Waals surface area contributed by atoms with Crippen molar-refractivity contribution in [1.29, 1.82) is 0 Å². The van der Waals surface area contributed by atoms with Gasteiger partial charge >= 0.3 is 0 Å². The quantitative estimate of drug-likeness (QED) is 0.247. The predicted molar refractivity (Wildman–Crippen MR) is 113 cm³/mol. The summed E-state index contributed by atoms with van der Waals surface area (Å²) in [5.41, 5.74) is 2.31. The van der Waals surface area contributed by atoms with E-state index in [-0.39, 0.29) is 24.0 Å². The highest BCUT2D eigenvalue weighted by Crippen LogP contribution is 2.02. The summed E-state index contributed by atoms with van der Waals surface area (Å²) in [5, 5.41) is 11.2. The van der Waals surface area contributed by atoms with E-state index in [1.165, 1.54) is 24.3 Å². The number of nitrogens with zero attached hydrogens (tertiary/aromatic N) is 3. The molecule has 0 spiro atoms. The number of aromatic nitrogens is 2. The van der Waals surface area contributed by atoms with Crippen LogP contribution in [0.15, 0.2) is 11.1 Å². The zero-order valence-corrected chi connectivity index (χ0v) is 18.0. The van der Waals surface area contributed by atoms with E-state index >= 15 is 0 Å². The van der Waals surface area contributed by atoms with E-state index in [0.717, 1.165) is 44.3 Å². The minimum atomic E-state index is 0. The molecule has 0 radical (unpaired) electrons. The van der Waals surface area contributed by atoms with Crippen LogP contribution in [0, 0.1) is 13.8 Å². The van der Waals surface area contributed by atoms with Gasteiger partial charge in [0.05, 0.1) is 5.69 Å². The fraction of sp³-hybridized carbons (Fsp3) is 0.750. The van der Waals surface area contributed by atoms with Gasteiger partial charge < -0.3 is 10.6 Å². The number of nitrogens with one attached hydrogen (secondary N) is 2. The second-order valence-corrected chi connectivity index (χ2v) is 6.38. The summed E-state index contributed by atoms with van der Waals surface area (Å²) in [6.07, 6.45) is 5.61. The van der Waals surface area contributed by atoms with Gasteiger partial charge in [0, 0.05) is 31.9 Å². The number of thioether (sulfide) groups is 1. The molecule has 0 unspecified atom stereocenters. The summed E-state index contributed by atoms with van der Waals surface area (Å²) in [6, 6.07) is 2.11. The molecule has 0 atom stereocenters. The van der Waals surface area contributed by atoms with Crippen molar-refractivity contribution in [1.82, 2.24) is 20.4 Å². The molecule has 23 heavy (non-hydrogen) atoms. The summed E-state index contributed by atoms with van der Waals surface area (Å²) < 4.78 is 2.06. The van der Waals surface area contributed by atoms with Crippen molar-refractivity contribution in [2.24, 2.45) is 4.99 Å². The Bertz CT molecular complexity index is 448. The molecule has 1 aromatic rings. The zero-order chi connectivity index (χ0) is 16.2. The summed E-state index contributed by atoms with van der Waals surface area (Å²) in [5.74, 6) is 2.16. The molecular weight excluding hydrogens is 421 g/mol. The lowest BCUT2D eigenvalue weighted by molar-refractivity contribution is 0.567. The first-order valence-electron chi connectivity index (χ1n) is 8.19. The fourth-order valence-corrected chi connectivity index (χ4v) is 2.73. The summed E-state index contributed by atoms with van der Waals surface area (Å²) in [7, 11) is 0. The largest absolute Gasteiger partial charge is 0.357 e. The summed E-state index contributed by atoms with van der Waals surface area (Å²) >= 11 is 1.91. The normalized spacial score (nSPS) is 11.2. The van der Waals surface area contributed by atoms with Crippen LogP contribution >= 0.6 is 35.7 Å². The predicted octanol–water partition coefficient (Wildman–Crippen LogP) is 3.21. The number of aliphatic imine (C=N–C) groups is 1. The van der Waals surface area contributed by atoms with Gasteiger partial charge in [-0.05, 0) is 58.1 Å². The van der Waals surface area contributed by atoms with Crippen LogP contribution in [0.1, 0.15) is 37.6 Å². The van der Waals surface area contributed by atoms with E-state index < -0.39 is 0 Å². The fourth-order valence-electron chi connectivity index (χ4n) is 2.23. The monoisotopic (exact) mass is 453 g/mol. The van der Waals surface area contributed by atoms with Crippen LogP contribution in [0.25, 0.3) is 0 Å². The van der Waals surface area contributed by atoms with Crippen molar-refractivity contribution >= 4 is 41.7 Å². The number of hydrogen-bond acceptors (Lipinski definition) is 3. The third-order valence-electron chi connectivity index (χ3n) is 3.31. The van der Waals surface area contributed by atoms with Gasteiger partial charge in [0.15, 0.2) is 5.96 Å². The van der Waals surface area contributed by atoms with Gasteiger partial charge in [0.1, 0.15) is 0 Å². The molecule has 1 heterocycles. The molecule has 0 saturated carbocycles. The van der Waals surface area contributed by atoms with Crippen LogP contribution in [-0.2, 0) is 6.54 Å². The highest BCUT2D eigenvalue weighted by atomic mass is 127. The molecule has 0 bridgehead atoms. The molecular formula is C16H32IN5S. The minimum absolute atomic E-state index is 0. The van der Waals surface area contributed by atoms with Gasteiger partial charge in [-0.15, -0.1) is 24.0 Å². The van der Waals surface area contributed by atoms with Gasteiger partial charge in [-0.2, -0.15) is 16.9 Å². The van der Waals surface area contributed by atoms with E-state index in [9.17, 15) is 0 Å². The van der Waals surface area contributed by atoms with E-state index in [0.29, 0.717) is 0 Å². The maximum atomic E-state index is 4.63. The van der Waals surface area contributed by atoms with E-state index in [4.69, 9.17) is 0 Å². The Morgan fingerprint density at radius 2 is 2.04 bits per heavy atom.